The third-order valence-electron chi connectivity index (χ3n) is 3.25. The zero-order valence-corrected chi connectivity index (χ0v) is 12.8. The van der Waals surface area contributed by atoms with Crippen LogP contribution in [0.4, 0.5) is 0 Å². The summed E-state index contributed by atoms with van der Waals surface area (Å²) < 4.78 is 0. The van der Waals surface area contributed by atoms with E-state index in [2.05, 4.69) is 74.5 Å². The van der Waals surface area contributed by atoms with Crippen molar-refractivity contribution >= 4 is 5.96 Å². The fourth-order valence-electron chi connectivity index (χ4n) is 1.57. The van der Waals surface area contributed by atoms with E-state index in [0.717, 1.165) is 12.5 Å². The molecule has 0 fully saturated rings. The Balaban J connectivity index is 2.64. The molecule has 0 bridgehead atoms. The Labute approximate surface area is 117 Å². The molecule has 0 aliphatic rings. The highest BCUT2D eigenvalue weighted by Crippen LogP contribution is 2.05. The Morgan fingerprint density at radius 3 is 2.32 bits per heavy atom. The number of aliphatic imine (C=N–C) groups is 1. The predicted molar refractivity (Wildman–Crippen MR) is 83.4 cm³/mol. The van der Waals surface area contributed by atoms with Crippen LogP contribution in [0.15, 0.2) is 29.3 Å². The number of guanidine groups is 1. The molecule has 3 nitrogen and oxygen atoms in total. The SMILES string of the molecule is CCNC(=NCc1ccc(C)cc1)NC(C)C(C)C. The minimum Gasteiger partial charge on any atom is -0.357 e. The summed E-state index contributed by atoms with van der Waals surface area (Å²) >= 11 is 0. The van der Waals surface area contributed by atoms with Gasteiger partial charge < -0.3 is 10.6 Å². The Morgan fingerprint density at radius 2 is 1.79 bits per heavy atom. The van der Waals surface area contributed by atoms with Crippen molar-refractivity contribution in [1.29, 1.82) is 0 Å². The lowest BCUT2D eigenvalue weighted by atomic mass is 10.1. The molecule has 2 N–H and O–H groups in total. The molecule has 0 saturated carbocycles. The number of hydrogen-bond donors (Lipinski definition) is 2. The molecule has 0 aromatic heterocycles. The van der Waals surface area contributed by atoms with Crippen LogP contribution in [0.1, 0.15) is 38.8 Å². The zero-order valence-electron chi connectivity index (χ0n) is 12.8. The summed E-state index contributed by atoms with van der Waals surface area (Å²) in [5.41, 5.74) is 2.52. The molecule has 0 amide bonds. The van der Waals surface area contributed by atoms with Gasteiger partial charge in [-0.2, -0.15) is 0 Å². The van der Waals surface area contributed by atoms with E-state index in [9.17, 15) is 0 Å². The van der Waals surface area contributed by atoms with Gasteiger partial charge in [-0.05, 0) is 32.3 Å². The Kier molecular flexibility index (Phi) is 6.40. The van der Waals surface area contributed by atoms with Crippen molar-refractivity contribution in [2.24, 2.45) is 10.9 Å². The van der Waals surface area contributed by atoms with Crippen molar-refractivity contribution in [2.75, 3.05) is 6.54 Å². The Morgan fingerprint density at radius 1 is 1.16 bits per heavy atom. The molecular weight excluding hydrogens is 234 g/mol. The van der Waals surface area contributed by atoms with Gasteiger partial charge in [-0.1, -0.05) is 43.7 Å². The molecule has 1 aromatic carbocycles. The van der Waals surface area contributed by atoms with Crippen molar-refractivity contribution < 1.29 is 0 Å². The van der Waals surface area contributed by atoms with Crippen LogP contribution >= 0.6 is 0 Å². The number of nitrogens with zero attached hydrogens (tertiary/aromatic N) is 1. The van der Waals surface area contributed by atoms with Crippen molar-refractivity contribution in [3.8, 4) is 0 Å². The maximum atomic E-state index is 4.63. The van der Waals surface area contributed by atoms with Crippen molar-refractivity contribution in [3.05, 3.63) is 35.4 Å². The Bertz CT molecular complexity index is 393. The average Bonchev–Trinajstić information content (AvgIpc) is 2.37. The van der Waals surface area contributed by atoms with Crippen molar-refractivity contribution in [3.63, 3.8) is 0 Å². The molecule has 106 valence electrons. The molecule has 0 spiro atoms. The summed E-state index contributed by atoms with van der Waals surface area (Å²) in [5, 5.41) is 6.73. The highest BCUT2D eigenvalue weighted by atomic mass is 15.2. The highest BCUT2D eigenvalue weighted by Gasteiger charge is 2.08. The largest absolute Gasteiger partial charge is 0.357 e. The van der Waals surface area contributed by atoms with Crippen LogP contribution in [0.5, 0.6) is 0 Å². The lowest BCUT2D eigenvalue weighted by molar-refractivity contribution is 0.481. The van der Waals surface area contributed by atoms with Gasteiger partial charge in [-0.15, -0.1) is 0 Å². The monoisotopic (exact) mass is 261 g/mol. The van der Waals surface area contributed by atoms with E-state index in [1.807, 2.05) is 0 Å². The summed E-state index contributed by atoms with van der Waals surface area (Å²) in [7, 11) is 0. The first-order valence-corrected chi connectivity index (χ1v) is 7.13. The standard InChI is InChI=1S/C16H27N3/c1-6-17-16(19-14(5)12(2)3)18-11-15-9-7-13(4)8-10-15/h7-10,12,14H,6,11H2,1-5H3,(H2,17,18,19). The summed E-state index contributed by atoms with van der Waals surface area (Å²) in [6.07, 6.45) is 0. The van der Waals surface area contributed by atoms with Gasteiger partial charge in [0.1, 0.15) is 0 Å². The number of nitrogens with one attached hydrogen (secondary N) is 2. The fourth-order valence-corrected chi connectivity index (χ4v) is 1.57. The van der Waals surface area contributed by atoms with Gasteiger partial charge in [0.2, 0.25) is 0 Å². The Hall–Kier alpha value is -1.51. The van der Waals surface area contributed by atoms with Crippen molar-refractivity contribution in [2.45, 2.75) is 47.2 Å². The van der Waals surface area contributed by atoms with E-state index < -0.39 is 0 Å². The molecular formula is C16H27N3. The van der Waals surface area contributed by atoms with Crippen molar-refractivity contribution in [1.82, 2.24) is 10.6 Å². The maximum Gasteiger partial charge on any atom is 0.191 e. The van der Waals surface area contributed by atoms with Gasteiger partial charge in [0.15, 0.2) is 5.96 Å². The zero-order chi connectivity index (χ0) is 14.3. The fraction of sp³-hybridized carbons (Fsp3) is 0.562. The molecule has 19 heavy (non-hydrogen) atoms. The van der Waals surface area contributed by atoms with E-state index in [1.165, 1.54) is 11.1 Å². The minimum atomic E-state index is 0.413. The van der Waals surface area contributed by atoms with Gasteiger partial charge in [0.25, 0.3) is 0 Å². The summed E-state index contributed by atoms with van der Waals surface area (Å²) in [6.45, 7) is 12.4. The van der Waals surface area contributed by atoms with Crippen LogP contribution < -0.4 is 10.6 Å². The topological polar surface area (TPSA) is 36.4 Å². The second-order valence-corrected chi connectivity index (χ2v) is 5.36. The third kappa shape index (κ3) is 5.77. The number of hydrogen-bond acceptors (Lipinski definition) is 1. The molecule has 1 atom stereocenters. The van der Waals surface area contributed by atoms with E-state index in [1.54, 1.807) is 0 Å². The van der Waals surface area contributed by atoms with Gasteiger partial charge >= 0.3 is 0 Å². The first-order chi connectivity index (χ1) is 9.02. The molecule has 0 heterocycles. The summed E-state index contributed by atoms with van der Waals surface area (Å²) in [4.78, 5) is 4.63. The second-order valence-electron chi connectivity index (χ2n) is 5.36. The first kappa shape index (κ1) is 15.5. The van der Waals surface area contributed by atoms with Gasteiger partial charge in [-0.25, -0.2) is 4.99 Å². The number of rotatable bonds is 5. The van der Waals surface area contributed by atoms with Gasteiger partial charge in [-0.3, -0.25) is 0 Å². The van der Waals surface area contributed by atoms with Crippen LogP contribution in [0.25, 0.3) is 0 Å². The van der Waals surface area contributed by atoms with E-state index in [0.29, 0.717) is 18.5 Å². The van der Waals surface area contributed by atoms with Gasteiger partial charge in [0.05, 0.1) is 6.54 Å². The average molecular weight is 261 g/mol. The first-order valence-electron chi connectivity index (χ1n) is 7.13. The van der Waals surface area contributed by atoms with Gasteiger partial charge in [0, 0.05) is 12.6 Å². The molecule has 0 saturated heterocycles. The molecule has 0 aliphatic heterocycles. The summed E-state index contributed by atoms with van der Waals surface area (Å²) in [5.74, 6) is 1.48. The molecule has 1 unspecified atom stereocenters. The van der Waals surface area contributed by atoms with E-state index in [4.69, 9.17) is 0 Å². The van der Waals surface area contributed by atoms with E-state index in [-0.39, 0.29) is 0 Å². The predicted octanol–water partition coefficient (Wildman–Crippen LogP) is 3.09. The highest BCUT2D eigenvalue weighted by molar-refractivity contribution is 5.80. The molecule has 1 rings (SSSR count). The lowest BCUT2D eigenvalue weighted by Gasteiger charge is -2.20. The van der Waals surface area contributed by atoms with Crippen LogP contribution in [-0.4, -0.2) is 18.5 Å². The smallest absolute Gasteiger partial charge is 0.191 e. The molecule has 3 heteroatoms. The molecule has 1 aromatic rings. The van der Waals surface area contributed by atoms with E-state index >= 15 is 0 Å². The second kappa shape index (κ2) is 7.82. The quantitative estimate of drug-likeness (QED) is 0.631. The normalized spacial score (nSPS) is 13.5. The van der Waals surface area contributed by atoms with Crippen LogP contribution in [-0.2, 0) is 6.54 Å². The number of aryl methyl sites for hydroxylation is 1. The molecule has 0 aliphatic carbocycles. The molecule has 0 radical (unpaired) electrons. The number of benzene rings is 1. The van der Waals surface area contributed by atoms with Crippen LogP contribution in [0.3, 0.4) is 0 Å². The lowest BCUT2D eigenvalue weighted by Crippen LogP contribution is -2.44. The van der Waals surface area contributed by atoms with Crippen LogP contribution in [0, 0.1) is 12.8 Å². The minimum absolute atomic E-state index is 0.413. The maximum absolute atomic E-state index is 4.63. The summed E-state index contributed by atoms with van der Waals surface area (Å²) in [6, 6.07) is 8.93. The van der Waals surface area contributed by atoms with Crippen LogP contribution in [0.2, 0.25) is 0 Å². The third-order valence-corrected chi connectivity index (χ3v) is 3.25.